The summed E-state index contributed by atoms with van der Waals surface area (Å²) in [4.78, 5) is 15.6. The Morgan fingerprint density at radius 2 is 2.29 bits per heavy atom. The van der Waals surface area contributed by atoms with Gasteiger partial charge in [-0.05, 0) is 34.9 Å². The van der Waals surface area contributed by atoms with Crippen LogP contribution < -0.4 is 0 Å². The van der Waals surface area contributed by atoms with E-state index in [9.17, 15) is 9.90 Å². The van der Waals surface area contributed by atoms with Gasteiger partial charge in [0.1, 0.15) is 5.15 Å². The minimum absolute atomic E-state index is 0.333. The number of hydrogen-bond donors (Lipinski definition) is 2. The number of carboxylic acids is 1. The zero-order chi connectivity index (χ0) is 15.2. The van der Waals surface area contributed by atoms with Gasteiger partial charge in [-0.1, -0.05) is 31.0 Å². The van der Waals surface area contributed by atoms with Crippen LogP contribution >= 0.6 is 11.6 Å². The second-order valence-electron chi connectivity index (χ2n) is 4.82. The Bertz CT molecular complexity index is 573. The number of pyridine rings is 1. The molecule has 2 N–H and O–H groups in total. The number of halogens is 1. The summed E-state index contributed by atoms with van der Waals surface area (Å²) >= 11 is 5.77. The highest BCUT2D eigenvalue weighted by atomic mass is 35.5. The van der Waals surface area contributed by atoms with Crippen molar-refractivity contribution >= 4 is 17.6 Å². The molecule has 0 fully saturated rings. The van der Waals surface area contributed by atoms with Gasteiger partial charge in [0.2, 0.25) is 0 Å². The van der Waals surface area contributed by atoms with Crippen LogP contribution in [0.3, 0.4) is 0 Å². The van der Waals surface area contributed by atoms with Crippen molar-refractivity contribution < 1.29 is 9.90 Å². The number of H-pyrrole nitrogens is 1. The zero-order valence-electron chi connectivity index (χ0n) is 11.5. The maximum Gasteiger partial charge on any atom is 0.307 e. The van der Waals surface area contributed by atoms with Gasteiger partial charge >= 0.3 is 5.97 Å². The molecule has 2 atom stereocenters. The van der Waals surface area contributed by atoms with Crippen LogP contribution in [0.2, 0.25) is 5.15 Å². The minimum Gasteiger partial charge on any atom is -0.481 e. The van der Waals surface area contributed by atoms with Crippen molar-refractivity contribution in [3.8, 4) is 0 Å². The van der Waals surface area contributed by atoms with Crippen LogP contribution in [-0.2, 0) is 11.2 Å². The molecule has 2 heterocycles. The second kappa shape index (κ2) is 7.12. The topological polar surface area (TPSA) is 105 Å². The number of tetrazole rings is 1. The number of hydrogen-bond acceptors (Lipinski definition) is 5. The Morgan fingerprint density at radius 3 is 2.81 bits per heavy atom. The van der Waals surface area contributed by atoms with Gasteiger partial charge in [0.05, 0.1) is 5.92 Å². The highest BCUT2D eigenvalue weighted by Crippen LogP contribution is 2.29. The Kier molecular flexibility index (Phi) is 5.21. The first kappa shape index (κ1) is 15.4. The molecule has 0 bridgehead atoms. The van der Waals surface area contributed by atoms with Crippen LogP contribution in [0.25, 0.3) is 0 Å². The van der Waals surface area contributed by atoms with E-state index in [1.54, 1.807) is 12.3 Å². The first-order valence-electron chi connectivity index (χ1n) is 6.68. The summed E-state index contributed by atoms with van der Waals surface area (Å²) in [6, 6.07) is 3.51. The first-order valence-corrected chi connectivity index (χ1v) is 7.06. The lowest BCUT2D eigenvalue weighted by molar-refractivity contribution is -0.142. The molecule has 2 rings (SSSR count). The highest BCUT2D eigenvalue weighted by molar-refractivity contribution is 6.29. The third-order valence-electron chi connectivity index (χ3n) is 3.36. The average Bonchev–Trinajstić information content (AvgIpc) is 2.98. The molecule has 0 aliphatic rings. The SMILES string of the molecule is CCCC(C(=O)O)[C@H](Cc1ccc(Cl)nc1)c1nnn[nH]1. The maximum absolute atomic E-state index is 11.6. The van der Waals surface area contributed by atoms with Gasteiger partial charge < -0.3 is 5.11 Å². The molecular weight excluding hydrogens is 294 g/mol. The van der Waals surface area contributed by atoms with E-state index in [2.05, 4.69) is 25.6 Å². The van der Waals surface area contributed by atoms with E-state index in [0.717, 1.165) is 12.0 Å². The molecule has 112 valence electrons. The summed E-state index contributed by atoms with van der Waals surface area (Å²) < 4.78 is 0. The lowest BCUT2D eigenvalue weighted by atomic mass is 9.83. The van der Waals surface area contributed by atoms with Crippen molar-refractivity contribution in [2.45, 2.75) is 32.1 Å². The monoisotopic (exact) mass is 309 g/mol. The maximum atomic E-state index is 11.6. The van der Waals surface area contributed by atoms with Crippen molar-refractivity contribution in [2.24, 2.45) is 5.92 Å². The van der Waals surface area contributed by atoms with E-state index < -0.39 is 11.9 Å². The zero-order valence-corrected chi connectivity index (χ0v) is 12.3. The van der Waals surface area contributed by atoms with Crippen molar-refractivity contribution in [3.05, 3.63) is 34.9 Å². The molecule has 0 saturated carbocycles. The molecule has 2 aromatic rings. The summed E-state index contributed by atoms with van der Waals surface area (Å²) in [7, 11) is 0. The summed E-state index contributed by atoms with van der Waals surface area (Å²) in [5.41, 5.74) is 0.892. The molecule has 2 aromatic heterocycles. The van der Waals surface area contributed by atoms with Crippen LogP contribution in [0, 0.1) is 5.92 Å². The highest BCUT2D eigenvalue weighted by Gasteiger charge is 2.31. The van der Waals surface area contributed by atoms with Gasteiger partial charge in [-0.2, -0.15) is 0 Å². The van der Waals surface area contributed by atoms with Crippen LogP contribution in [0.4, 0.5) is 0 Å². The third kappa shape index (κ3) is 3.98. The molecular formula is C13H16ClN5O2. The molecule has 21 heavy (non-hydrogen) atoms. The number of nitrogens with zero attached hydrogens (tertiary/aromatic N) is 4. The lowest BCUT2D eigenvalue weighted by Crippen LogP contribution is -2.25. The standard InChI is InChI=1S/C13H16ClN5O2/c1-2-3-9(13(20)21)10(12-16-18-19-17-12)6-8-4-5-11(14)15-7-8/h4-5,7,9-10H,2-3,6H2,1H3,(H,20,21)(H,16,17,18,19)/t9?,10-/m0/s1. The summed E-state index contributed by atoms with van der Waals surface area (Å²) in [5.74, 6) is -1.26. The third-order valence-corrected chi connectivity index (χ3v) is 3.58. The van der Waals surface area contributed by atoms with Crippen LogP contribution in [0.1, 0.15) is 37.1 Å². The quantitative estimate of drug-likeness (QED) is 0.759. The molecule has 0 aliphatic heterocycles. The largest absolute Gasteiger partial charge is 0.481 e. The van der Waals surface area contributed by atoms with Crippen molar-refractivity contribution in [2.75, 3.05) is 0 Å². The molecule has 0 aromatic carbocycles. The number of aliphatic carboxylic acids is 1. The van der Waals surface area contributed by atoms with Gasteiger partial charge in [0.15, 0.2) is 5.82 Å². The summed E-state index contributed by atoms with van der Waals surface area (Å²) in [6.07, 6.45) is 3.46. The molecule has 8 heteroatoms. The predicted octanol–water partition coefficient (Wildman–Crippen LogP) is 2.08. The molecule has 0 radical (unpaired) electrons. The number of carbonyl (C=O) groups is 1. The number of nitrogens with one attached hydrogen (secondary N) is 1. The number of carboxylic acid groups (broad SMARTS) is 1. The van der Waals surface area contributed by atoms with Crippen molar-refractivity contribution in [1.82, 2.24) is 25.6 Å². The average molecular weight is 310 g/mol. The smallest absolute Gasteiger partial charge is 0.307 e. The number of rotatable bonds is 7. The fraction of sp³-hybridized carbons (Fsp3) is 0.462. The fourth-order valence-corrected chi connectivity index (χ4v) is 2.45. The van der Waals surface area contributed by atoms with E-state index in [-0.39, 0.29) is 5.92 Å². The number of aromatic nitrogens is 5. The van der Waals surface area contributed by atoms with Crippen LogP contribution in [-0.4, -0.2) is 36.7 Å². The molecule has 0 amide bonds. The van der Waals surface area contributed by atoms with E-state index >= 15 is 0 Å². The molecule has 1 unspecified atom stereocenters. The molecule has 0 saturated heterocycles. The molecule has 7 nitrogen and oxygen atoms in total. The summed E-state index contributed by atoms with van der Waals surface area (Å²) in [6.45, 7) is 1.95. The van der Waals surface area contributed by atoms with E-state index in [4.69, 9.17) is 11.6 Å². The summed E-state index contributed by atoms with van der Waals surface area (Å²) in [5, 5.41) is 23.5. The van der Waals surface area contributed by atoms with Gasteiger partial charge in [0.25, 0.3) is 0 Å². The van der Waals surface area contributed by atoms with E-state index in [0.29, 0.717) is 23.8 Å². The Labute approximate surface area is 126 Å². The Balaban J connectivity index is 2.27. The van der Waals surface area contributed by atoms with Gasteiger partial charge in [0, 0.05) is 12.1 Å². The van der Waals surface area contributed by atoms with E-state index in [1.807, 2.05) is 13.0 Å². The lowest BCUT2D eigenvalue weighted by Gasteiger charge is -2.21. The fourth-order valence-electron chi connectivity index (χ4n) is 2.34. The van der Waals surface area contributed by atoms with Gasteiger partial charge in [-0.15, -0.1) is 5.10 Å². The van der Waals surface area contributed by atoms with Crippen molar-refractivity contribution in [1.29, 1.82) is 0 Å². The van der Waals surface area contributed by atoms with Crippen molar-refractivity contribution in [3.63, 3.8) is 0 Å². The second-order valence-corrected chi connectivity index (χ2v) is 5.21. The van der Waals surface area contributed by atoms with E-state index in [1.165, 1.54) is 0 Å². The van der Waals surface area contributed by atoms with Gasteiger partial charge in [-0.3, -0.25) is 4.79 Å². The Hall–Kier alpha value is -2.02. The van der Waals surface area contributed by atoms with Gasteiger partial charge in [-0.25, -0.2) is 10.1 Å². The predicted molar refractivity (Wildman–Crippen MR) is 75.9 cm³/mol. The molecule has 0 spiro atoms. The number of aromatic amines is 1. The van der Waals surface area contributed by atoms with Crippen LogP contribution in [0.15, 0.2) is 18.3 Å². The normalized spacial score (nSPS) is 13.8. The first-order chi connectivity index (χ1) is 10.1. The molecule has 0 aliphatic carbocycles. The van der Waals surface area contributed by atoms with Crippen LogP contribution in [0.5, 0.6) is 0 Å². The minimum atomic E-state index is -0.847. The Morgan fingerprint density at radius 1 is 1.48 bits per heavy atom.